The second-order valence-electron chi connectivity index (χ2n) is 7.58. The molecule has 1 aromatic heterocycles. The fraction of sp³-hybridized carbons (Fsp3) is 0.0769. The molecule has 0 atom stereocenters. The lowest BCUT2D eigenvalue weighted by Crippen LogP contribution is -2.22. The summed E-state index contributed by atoms with van der Waals surface area (Å²) < 4.78 is 0. The number of aromatic nitrogens is 2. The van der Waals surface area contributed by atoms with Crippen molar-refractivity contribution >= 4 is 23.3 Å². The van der Waals surface area contributed by atoms with E-state index >= 15 is 0 Å². The normalized spacial score (nSPS) is 10.7. The molecule has 0 aliphatic heterocycles. The number of carbonyl (C=O) groups excluding carboxylic acids is 2. The van der Waals surface area contributed by atoms with Crippen LogP contribution in [0.5, 0.6) is 0 Å². The van der Waals surface area contributed by atoms with E-state index in [0.29, 0.717) is 17.8 Å². The second kappa shape index (κ2) is 9.74. The molecule has 2 amide bonds. The fourth-order valence-corrected chi connectivity index (χ4v) is 3.67. The molecular weight excluding hydrogens is 414 g/mol. The van der Waals surface area contributed by atoms with Crippen molar-refractivity contribution in [3.63, 3.8) is 0 Å². The molecule has 164 valence electrons. The molecule has 7 nitrogen and oxygen atoms in total. The molecule has 3 aromatic carbocycles. The quantitative estimate of drug-likeness (QED) is 0.408. The highest BCUT2D eigenvalue weighted by Gasteiger charge is 2.22. The van der Waals surface area contributed by atoms with Crippen LogP contribution in [-0.2, 0) is 11.2 Å². The van der Waals surface area contributed by atoms with Crippen LogP contribution in [0.25, 0.3) is 0 Å². The van der Waals surface area contributed by atoms with Gasteiger partial charge in [-0.1, -0.05) is 72.8 Å². The summed E-state index contributed by atoms with van der Waals surface area (Å²) in [6.45, 7) is 0. The van der Waals surface area contributed by atoms with Gasteiger partial charge in [-0.05, 0) is 28.8 Å². The topological polar surface area (TPSA) is 124 Å². The van der Waals surface area contributed by atoms with Crippen molar-refractivity contribution in [3.05, 3.63) is 119 Å². The maximum Gasteiger partial charge on any atom is 0.271 e. The van der Waals surface area contributed by atoms with Gasteiger partial charge in [-0.3, -0.25) is 9.59 Å². The van der Waals surface area contributed by atoms with Crippen molar-refractivity contribution in [2.45, 2.75) is 12.3 Å². The number of carbonyl (C=O) groups is 2. The van der Waals surface area contributed by atoms with Crippen LogP contribution in [0.2, 0.25) is 0 Å². The molecule has 1 heterocycles. The number of hydrogen-bond acceptors (Lipinski definition) is 5. The zero-order valence-corrected chi connectivity index (χ0v) is 17.8. The number of amides is 2. The van der Waals surface area contributed by atoms with Gasteiger partial charge in [-0.2, -0.15) is 0 Å². The Morgan fingerprint density at radius 2 is 1.52 bits per heavy atom. The van der Waals surface area contributed by atoms with Gasteiger partial charge in [0.2, 0.25) is 5.91 Å². The highest BCUT2D eigenvalue weighted by atomic mass is 16.2. The Morgan fingerprint density at radius 1 is 0.879 bits per heavy atom. The minimum absolute atomic E-state index is 0.000120. The smallest absolute Gasteiger partial charge is 0.271 e. The highest BCUT2D eigenvalue weighted by molar-refractivity contribution is 5.98. The third-order valence-electron chi connectivity index (χ3n) is 5.19. The van der Waals surface area contributed by atoms with E-state index in [2.05, 4.69) is 15.3 Å². The molecule has 7 heteroatoms. The molecular formula is C26H23N5O2. The first-order chi connectivity index (χ1) is 16.0. The van der Waals surface area contributed by atoms with E-state index in [1.807, 2.05) is 84.9 Å². The van der Waals surface area contributed by atoms with Crippen LogP contribution >= 0.6 is 0 Å². The Morgan fingerprint density at radius 3 is 2.12 bits per heavy atom. The van der Waals surface area contributed by atoms with Gasteiger partial charge < -0.3 is 16.8 Å². The molecule has 0 saturated heterocycles. The van der Waals surface area contributed by atoms with Crippen LogP contribution < -0.4 is 16.8 Å². The van der Waals surface area contributed by atoms with Gasteiger partial charge >= 0.3 is 0 Å². The van der Waals surface area contributed by atoms with Gasteiger partial charge in [-0.15, -0.1) is 0 Å². The number of nitrogens with two attached hydrogens (primary N) is 2. The number of primary amides is 1. The summed E-state index contributed by atoms with van der Waals surface area (Å²) >= 11 is 0. The Hall–Kier alpha value is -4.52. The maximum absolute atomic E-state index is 13.3. The number of rotatable bonds is 7. The number of benzene rings is 3. The first-order valence-electron chi connectivity index (χ1n) is 10.4. The number of nitrogen functional groups attached to an aromatic ring is 1. The summed E-state index contributed by atoms with van der Waals surface area (Å²) in [6.07, 6.45) is 1.91. The van der Waals surface area contributed by atoms with Gasteiger partial charge in [0.15, 0.2) is 11.5 Å². The van der Waals surface area contributed by atoms with Gasteiger partial charge in [0.25, 0.3) is 5.91 Å². The molecule has 0 aliphatic carbocycles. The summed E-state index contributed by atoms with van der Waals surface area (Å²) in [5.74, 6) is -1.30. The molecule has 0 spiro atoms. The summed E-state index contributed by atoms with van der Waals surface area (Å²) in [5, 5.41) is 3.03. The van der Waals surface area contributed by atoms with E-state index in [0.717, 1.165) is 16.7 Å². The van der Waals surface area contributed by atoms with Crippen LogP contribution in [-0.4, -0.2) is 21.8 Å². The average molecular weight is 438 g/mol. The van der Waals surface area contributed by atoms with Crippen molar-refractivity contribution < 1.29 is 9.59 Å². The minimum Gasteiger partial charge on any atom is -0.382 e. The van der Waals surface area contributed by atoms with E-state index in [1.165, 1.54) is 6.20 Å². The summed E-state index contributed by atoms with van der Waals surface area (Å²) in [7, 11) is 0. The lowest BCUT2D eigenvalue weighted by molar-refractivity contribution is -0.116. The molecule has 33 heavy (non-hydrogen) atoms. The Bertz CT molecular complexity index is 1240. The van der Waals surface area contributed by atoms with Crippen molar-refractivity contribution in [1.82, 2.24) is 9.97 Å². The van der Waals surface area contributed by atoms with E-state index < -0.39 is 11.8 Å². The lowest BCUT2D eigenvalue weighted by atomic mass is 9.90. The predicted molar refractivity (Wildman–Crippen MR) is 128 cm³/mol. The number of nitrogens with one attached hydrogen (secondary N) is 1. The number of hydrogen-bond donors (Lipinski definition) is 3. The average Bonchev–Trinajstić information content (AvgIpc) is 2.82. The summed E-state index contributed by atoms with van der Waals surface area (Å²) in [4.78, 5) is 33.1. The molecule has 4 aromatic rings. The fourth-order valence-electron chi connectivity index (χ4n) is 3.67. The Kier molecular flexibility index (Phi) is 6.40. The largest absolute Gasteiger partial charge is 0.382 e. The van der Waals surface area contributed by atoms with Crippen LogP contribution in [0.1, 0.15) is 38.8 Å². The van der Waals surface area contributed by atoms with Gasteiger partial charge in [0, 0.05) is 12.1 Å². The molecule has 0 saturated carbocycles. The molecule has 0 radical (unpaired) electrons. The van der Waals surface area contributed by atoms with Crippen molar-refractivity contribution in [3.8, 4) is 0 Å². The highest BCUT2D eigenvalue weighted by Crippen LogP contribution is 2.26. The van der Waals surface area contributed by atoms with E-state index in [1.54, 1.807) is 0 Å². The SMILES string of the molecule is NC(=O)c1nc(Cc2cccc(NC(=O)C(c3ccccc3)c3ccccc3)c2)cnc1N. The Balaban J connectivity index is 1.57. The van der Waals surface area contributed by atoms with Crippen molar-refractivity contribution in [2.75, 3.05) is 11.1 Å². The summed E-state index contributed by atoms with van der Waals surface area (Å²) in [5.41, 5.74) is 14.8. The van der Waals surface area contributed by atoms with Crippen LogP contribution in [0.4, 0.5) is 11.5 Å². The van der Waals surface area contributed by atoms with Crippen molar-refractivity contribution in [1.29, 1.82) is 0 Å². The van der Waals surface area contributed by atoms with E-state index in [9.17, 15) is 9.59 Å². The van der Waals surface area contributed by atoms with Crippen LogP contribution in [0, 0.1) is 0 Å². The first-order valence-corrected chi connectivity index (χ1v) is 10.4. The minimum atomic E-state index is -0.726. The zero-order valence-electron chi connectivity index (χ0n) is 17.8. The molecule has 0 bridgehead atoms. The molecule has 0 unspecified atom stereocenters. The third kappa shape index (κ3) is 5.22. The number of nitrogens with zero attached hydrogens (tertiary/aromatic N) is 2. The number of anilines is 2. The standard InChI is InChI=1S/C26H23N5O2/c27-24-23(25(28)32)30-21(16-29-24)15-17-8-7-13-20(14-17)31-26(33)22(18-9-3-1-4-10-18)19-11-5-2-6-12-19/h1-14,16,22H,15H2,(H2,27,29)(H2,28,32)(H,31,33). The second-order valence-corrected chi connectivity index (χ2v) is 7.58. The Labute approximate surface area is 191 Å². The van der Waals surface area contributed by atoms with Crippen molar-refractivity contribution in [2.24, 2.45) is 5.73 Å². The summed E-state index contributed by atoms with van der Waals surface area (Å²) in [6, 6.07) is 26.8. The lowest BCUT2D eigenvalue weighted by Gasteiger charge is -2.18. The van der Waals surface area contributed by atoms with Gasteiger partial charge in [-0.25, -0.2) is 9.97 Å². The first kappa shape index (κ1) is 21.7. The monoisotopic (exact) mass is 437 g/mol. The van der Waals surface area contributed by atoms with Crippen LogP contribution in [0.3, 0.4) is 0 Å². The van der Waals surface area contributed by atoms with E-state index in [4.69, 9.17) is 11.5 Å². The molecule has 5 N–H and O–H groups in total. The van der Waals surface area contributed by atoms with E-state index in [-0.39, 0.29) is 17.4 Å². The maximum atomic E-state index is 13.3. The van der Waals surface area contributed by atoms with Gasteiger partial charge in [0.05, 0.1) is 17.8 Å². The molecule has 0 fully saturated rings. The molecule has 0 aliphatic rings. The predicted octanol–water partition coefficient (Wildman–Crippen LogP) is 3.52. The zero-order chi connectivity index (χ0) is 23.2. The third-order valence-corrected chi connectivity index (χ3v) is 5.19. The van der Waals surface area contributed by atoms with Gasteiger partial charge in [0.1, 0.15) is 0 Å². The van der Waals surface area contributed by atoms with Crippen LogP contribution in [0.15, 0.2) is 91.1 Å². The molecule has 4 rings (SSSR count).